The molecule has 0 unspecified atom stereocenters. The fourth-order valence-electron chi connectivity index (χ4n) is 1.85. The molecule has 2 aromatic rings. The molecule has 3 nitrogen and oxygen atoms in total. The second kappa shape index (κ2) is 7.27. The summed E-state index contributed by atoms with van der Waals surface area (Å²) in [5.41, 5.74) is 0.537. The van der Waals surface area contributed by atoms with E-state index in [0.717, 1.165) is 10.9 Å². The molecule has 21 heavy (non-hydrogen) atoms. The Hall–Kier alpha value is -1.81. The van der Waals surface area contributed by atoms with Crippen molar-refractivity contribution in [1.29, 1.82) is 0 Å². The van der Waals surface area contributed by atoms with Crippen molar-refractivity contribution in [2.45, 2.75) is 20.3 Å². The number of hydrogen-bond donors (Lipinski definition) is 0. The first-order valence-corrected chi connectivity index (χ1v) is 7.61. The van der Waals surface area contributed by atoms with Crippen molar-refractivity contribution < 1.29 is 14.3 Å². The number of Topliss-reactive ketones (excluding diaryl/α,β-unsaturated/α-hetero) is 1. The second-order valence-corrected chi connectivity index (χ2v) is 5.51. The van der Waals surface area contributed by atoms with E-state index in [2.05, 4.69) is 15.9 Å². The molecule has 0 aliphatic rings. The molecule has 0 saturated carbocycles. The molecule has 0 spiro atoms. The molecular weight excluding hydrogens is 332 g/mol. The van der Waals surface area contributed by atoms with Crippen molar-refractivity contribution in [1.82, 2.24) is 0 Å². The predicted octanol–water partition coefficient (Wildman–Crippen LogP) is 5.23. The third-order valence-corrected chi connectivity index (χ3v) is 3.34. The van der Waals surface area contributed by atoms with Gasteiger partial charge in [0.15, 0.2) is 17.3 Å². The summed E-state index contributed by atoms with van der Waals surface area (Å²) in [5.74, 6) is 1.77. The topological polar surface area (TPSA) is 35.5 Å². The molecule has 0 heterocycles. The number of hydrogen-bond acceptors (Lipinski definition) is 3. The average Bonchev–Trinajstić information content (AvgIpc) is 2.48. The lowest BCUT2D eigenvalue weighted by molar-refractivity contribution is 0.101. The monoisotopic (exact) mass is 348 g/mol. The van der Waals surface area contributed by atoms with Gasteiger partial charge in [-0.1, -0.05) is 35.0 Å². The van der Waals surface area contributed by atoms with Crippen molar-refractivity contribution >= 4 is 21.7 Å². The average molecular weight is 349 g/mol. The zero-order valence-corrected chi connectivity index (χ0v) is 13.6. The van der Waals surface area contributed by atoms with Crippen LogP contribution in [-0.2, 0) is 0 Å². The minimum Gasteiger partial charge on any atom is -0.490 e. The minimum absolute atomic E-state index is 0.0433. The highest BCUT2D eigenvalue weighted by atomic mass is 79.9. The maximum atomic E-state index is 11.7. The van der Waals surface area contributed by atoms with E-state index < -0.39 is 0 Å². The van der Waals surface area contributed by atoms with Gasteiger partial charge >= 0.3 is 0 Å². The molecule has 0 aliphatic heterocycles. The maximum absolute atomic E-state index is 11.7. The molecule has 0 bridgehead atoms. The molecule has 2 aromatic carbocycles. The van der Waals surface area contributed by atoms with Gasteiger partial charge in [0.05, 0.1) is 12.2 Å². The molecular formula is C17H17BrO3. The number of ether oxygens (including phenoxy) is 2. The van der Waals surface area contributed by atoms with Crippen LogP contribution in [0.25, 0.3) is 0 Å². The fourth-order valence-corrected chi connectivity index (χ4v) is 2.21. The number of carbonyl (C=O) groups excluding carboxylic acids is 1. The fraction of sp³-hybridized carbons (Fsp3) is 0.235. The van der Waals surface area contributed by atoms with Crippen LogP contribution in [0, 0.1) is 0 Å². The van der Waals surface area contributed by atoms with Crippen LogP contribution in [0.5, 0.6) is 17.2 Å². The smallest absolute Gasteiger partial charge is 0.169 e. The van der Waals surface area contributed by atoms with Gasteiger partial charge in [0.25, 0.3) is 0 Å². The van der Waals surface area contributed by atoms with Crippen LogP contribution in [0.15, 0.2) is 46.9 Å². The number of halogens is 1. The quantitative estimate of drug-likeness (QED) is 0.670. The Bertz CT molecular complexity index is 638. The van der Waals surface area contributed by atoms with Crippen molar-refractivity contribution in [2.24, 2.45) is 0 Å². The number of rotatable bonds is 6. The van der Waals surface area contributed by atoms with E-state index in [9.17, 15) is 4.79 Å². The van der Waals surface area contributed by atoms with E-state index in [1.54, 1.807) is 12.1 Å². The van der Waals surface area contributed by atoms with Gasteiger partial charge in [-0.2, -0.15) is 0 Å². The van der Waals surface area contributed by atoms with E-state index in [1.807, 2.05) is 37.3 Å². The number of benzene rings is 2. The number of carbonyl (C=O) groups is 1. The summed E-state index contributed by atoms with van der Waals surface area (Å²) >= 11 is 3.37. The largest absolute Gasteiger partial charge is 0.490 e. The molecule has 0 aromatic heterocycles. The molecule has 0 N–H and O–H groups in total. The van der Waals surface area contributed by atoms with E-state index in [1.165, 1.54) is 6.92 Å². The van der Waals surface area contributed by atoms with Gasteiger partial charge in [0.2, 0.25) is 0 Å². The van der Waals surface area contributed by atoms with Crippen LogP contribution in [0.3, 0.4) is 0 Å². The van der Waals surface area contributed by atoms with Crippen LogP contribution in [0.2, 0.25) is 0 Å². The summed E-state index contributed by atoms with van der Waals surface area (Å²) in [6.45, 7) is 4.19. The lowest BCUT2D eigenvalue weighted by atomic mass is 10.1. The van der Waals surface area contributed by atoms with Crippen LogP contribution >= 0.6 is 15.9 Å². The van der Waals surface area contributed by atoms with Gasteiger partial charge in [-0.15, -0.1) is 0 Å². The zero-order valence-electron chi connectivity index (χ0n) is 12.1. The highest BCUT2D eigenvalue weighted by molar-refractivity contribution is 9.10. The van der Waals surface area contributed by atoms with E-state index in [0.29, 0.717) is 29.4 Å². The summed E-state index contributed by atoms with van der Waals surface area (Å²) < 4.78 is 12.4. The third kappa shape index (κ3) is 4.08. The molecule has 0 fully saturated rings. The minimum atomic E-state index is -0.0433. The van der Waals surface area contributed by atoms with Crippen LogP contribution in [0.4, 0.5) is 0 Å². The van der Waals surface area contributed by atoms with Gasteiger partial charge in [-0.05, 0) is 43.7 Å². The highest BCUT2D eigenvalue weighted by Crippen LogP contribution is 2.34. The Balaban J connectivity index is 2.32. The lowest BCUT2D eigenvalue weighted by Crippen LogP contribution is -2.00. The van der Waals surface area contributed by atoms with Crippen molar-refractivity contribution in [2.75, 3.05) is 6.61 Å². The molecule has 0 saturated heterocycles. The van der Waals surface area contributed by atoms with Gasteiger partial charge in [0, 0.05) is 4.47 Å². The Morgan fingerprint density at radius 3 is 2.48 bits per heavy atom. The number of ketones is 1. The summed E-state index contributed by atoms with van der Waals surface area (Å²) in [4.78, 5) is 11.7. The zero-order chi connectivity index (χ0) is 15.2. The molecule has 4 heteroatoms. The Morgan fingerprint density at radius 1 is 1.10 bits per heavy atom. The summed E-state index contributed by atoms with van der Waals surface area (Å²) in [7, 11) is 0. The third-order valence-electron chi connectivity index (χ3n) is 2.85. The van der Waals surface area contributed by atoms with Gasteiger partial charge in [-0.3, -0.25) is 4.79 Å². The van der Waals surface area contributed by atoms with Crippen molar-refractivity contribution in [3.63, 3.8) is 0 Å². The predicted molar refractivity (Wildman–Crippen MR) is 86.4 cm³/mol. The first-order chi connectivity index (χ1) is 10.1. The molecule has 0 amide bonds. The standard InChI is InChI=1S/C17H17BrO3/c1-3-10-20-16-6-4-5-7-17(16)21-15-9-8-13(18)11-14(15)12(2)19/h4-9,11H,3,10H2,1-2H3. The molecule has 0 aliphatic carbocycles. The summed E-state index contributed by atoms with van der Waals surface area (Å²) in [5, 5.41) is 0. The van der Waals surface area contributed by atoms with E-state index >= 15 is 0 Å². The Morgan fingerprint density at radius 2 is 1.81 bits per heavy atom. The molecule has 2 rings (SSSR count). The first-order valence-electron chi connectivity index (χ1n) is 6.82. The van der Waals surface area contributed by atoms with Crippen molar-refractivity contribution in [3.05, 3.63) is 52.5 Å². The molecule has 0 atom stereocenters. The van der Waals surface area contributed by atoms with E-state index in [-0.39, 0.29) is 5.78 Å². The first kappa shape index (κ1) is 15.6. The van der Waals surface area contributed by atoms with Crippen LogP contribution in [0.1, 0.15) is 30.6 Å². The van der Waals surface area contributed by atoms with E-state index in [4.69, 9.17) is 9.47 Å². The Labute approximate surface area is 133 Å². The highest BCUT2D eigenvalue weighted by Gasteiger charge is 2.12. The molecule has 0 radical (unpaired) electrons. The van der Waals surface area contributed by atoms with Gasteiger partial charge in [-0.25, -0.2) is 0 Å². The van der Waals surface area contributed by atoms with Gasteiger partial charge < -0.3 is 9.47 Å². The summed E-state index contributed by atoms with van der Waals surface area (Å²) in [6, 6.07) is 12.8. The van der Waals surface area contributed by atoms with Crippen LogP contribution in [-0.4, -0.2) is 12.4 Å². The molecule has 110 valence electrons. The number of para-hydroxylation sites is 2. The van der Waals surface area contributed by atoms with Gasteiger partial charge in [0.1, 0.15) is 5.75 Å². The lowest BCUT2D eigenvalue weighted by Gasteiger charge is -2.14. The van der Waals surface area contributed by atoms with Crippen LogP contribution < -0.4 is 9.47 Å². The van der Waals surface area contributed by atoms with Crippen molar-refractivity contribution in [3.8, 4) is 17.2 Å². The SMILES string of the molecule is CCCOc1ccccc1Oc1ccc(Br)cc1C(C)=O. The Kier molecular flexibility index (Phi) is 5.39. The second-order valence-electron chi connectivity index (χ2n) is 4.59. The summed E-state index contributed by atoms with van der Waals surface area (Å²) in [6.07, 6.45) is 0.922. The maximum Gasteiger partial charge on any atom is 0.169 e. The normalized spacial score (nSPS) is 10.2.